The van der Waals surface area contributed by atoms with E-state index in [1.54, 1.807) is 36.1 Å². The van der Waals surface area contributed by atoms with Crippen LogP contribution in [0.5, 0.6) is 5.75 Å². The van der Waals surface area contributed by atoms with Gasteiger partial charge in [-0.1, -0.05) is 66.4 Å². The fraction of sp³-hybridized carbons (Fsp3) is 0.125. The number of ether oxygens (including phenoxy) is 1. The molecule has 0 radical (unpaired) electrons. The maximum Gasteiger partial charge on any atom is 0.240 e. The Kier molecular flexibility index (Phi) is 5.70. The van der Waals surface area contributed by atoms with Gasteiger partial charge in [0.25, 0.3) is 0 Å². The fourth-order valence-electron chi connectivity index (χ4n) is 3.70. The highest BCUT2D eigenvalue weighted by Gasteiger charge is 2.38. The van der Waals surface area contributed by atoms with E-state index >= 15 is 0 Å². The summed E-state index contributed by atoms with van der Waals surface area (Å²) in [7, 11) is 1.55. The molecule has 0 saturated carbocycles. The Morgan fingerprint density at radius 1 is 1.03 bits per heavy atom. The summed E-state index contributed by atoms with van der Waals surface area (Å²) in [5, 5.41) is 11.6. The predicted molar refractivity (Wildman–Crippen MR) is 125 cm³/mol. The number of para-hydroxylation sites is 2. The minimum Gasteiger partial charge on any atom is -0.495 e. The SMILES string of the molecule is COc1ccccc1NC(=O)[C@@H]1Sc2nnc(-c3ccccc3)n2N[C@H]1c1ccc(F)cc1. The molecule has 9 heteroatoms. The number of amides is 1. The van der Waals surface area contributed by atoms with Gasteiger partial charge in [-0.05, 0) is 29.8 Å². The lowest BCUT2D eigenvalue weighted by Crippen LogP contribution is -2.41. The zero-order valence-corrected chi connectivity index (χ0v) is 18.4. The van der Waals surface area contributed by atoms with Crippen molar-refractivity contribution in [3.63, 3.8) is 0 Å². The number of halogens is 1. The molecule has 3 aromatic carbocycles. The Labute approximate surface area is 194 Å². The van der Waals surface area contributed by atoms with Crippen LogP contribution in [0.2, 0.25) is 0 Å². The Morgan fingerprint density at radius 3 is 2.52 bits per heavy atom. The zero-order chi connectivity index (χ0) is 22.8. The third kappa shape index (κ3) is 4.14. The molecule has 2 atom stereocenters. The van der Waals surface area contributed by atoms with E-state index in [4.69, 9.17) is 4.74 Å². The Hall–Kier alpha value is -3.85. The minimum absolute atomic E-state index is 0.234. The van der Waals surface area contributed by atoms with Gasteiger partial charge in [0.15, 0.2) is 5.82 Å². The van der Waals surface area contributed by atoms with Crippen LogP contribution in [0.4, 0.5) is 10.1 Å². The lowest BCUT2D eigenvalue weighted by Gasteiger charge is -2.33. The minimum atomic E-state index is -0.597. The van der Waals surface area contributed by atoms with Crippen LogP contribution in [0.1, 0.15) is 11.6 Å². The number of aromatic nitrogens is 3. The summed E-state index contributed by atoms with van der Waals surface area (Å²) < 4.78 is 20.8. The first-order valence-electron chi connectivity index (χ1n) is 10.3. The molecule has 2 N–H and O–H groups in total. The largest absolute Gasteiger partial charge is 0.495 e. The summed E-state index contributed by atoms with van der Waals surface area (Å²) in [4.78, 5) is 13.4. The van der Waals surface area contributed by atoms with Gasteiger partial charge in [-0.2, -0.15) is 0 Å². The highest BCUT2D eigenvalue weighted by Crippen LogP contribution is 2.39. The summed E-state index contributed by atoms with van der Waals surface area (Å²) in [6.07, 6.45) is 0. The number of benzene rings is 3. The molecular formula is C24H20FN5O2S. The molecule has 0 fully saturated rings. The second-order valence-electron chi connectivity index (χ2n) is 7.39. The lowest BCUT2D eigenvalue weighted by molar-refractivity contribution is -0.116. The van der Waals surface area contributed by atoms with Gasteiger partial charge in [0.05, 0.1) is 18.8 Å². The van der Waals surface area contributed by atoms with E-state index in [-0.39, 0.29) is 11.7 Å². The van der Waals surface area contributed by atoms with Gasteiger partial charge in [-0.3, -0.25) is 4.79 Å². The van der Waals surface area contributed by atoms with Crippen molar-refractivity contribution in [3.05, 3.63) is 90.2 Å². The van der Waals surface area contributed by atoms with E-state index < -0.39 is 11.3 Å². The van der Waals surface area contributed by atoms with Crippen LogP contribution in [0, 0.1) is 5.82 Å². The molecule has 0 spiro atoms. The molecule has 0 saturated heterocycles. The quantitative estimate of drug-likeness (QED) is 0.456. The molecule has 0 unspecified atom stereocenters. The van der Waals surface area contributed by atoms with Gasteiger partial charge in [-0.15, -0.1) is 10.2 Å². The number of nitrogens with one attached hydrogen (secondary N) is 2. The smallest absolute Gasteiger partial charge is 0.240 e. The van der Waals surface area contributed by atoms with Crippen LogP contribution in [-0.4, -0.2) is 33.1 Å². The van der Waals surface area contributed by atoms with Crippen LogP contribution in [0.15, 0.2) is 84.0 Å². The van der Waals surface area contributed by atoms with Crippen molar-refractivity contribution < 1.29 is 13.9 Å². The highest BCUT2D eigenvalue weighted by atomic mass is 32.2. The first-order chi connectivity index (χ1) is 16.1. The monoisotopic (exact) mass is 461 g/mol. The van der Waals surface area contributed by atoms with Gasteiger partial charge in [0.1, 0.15) is 16.8 Å². The van der Waals surface area contributed by atoms with Crippen LogP contribution in [0.25, 0.3) is 11.4 Å². The molecule has 4 aromatic rings. The summed E-state index contributed by atoms with van der Waals surface area (Å²) >= 11 is 1.30. The standard InChI is InChI=1S/C24H20FN5O2S/c1-32-19-10-6-5-9-18(19)26-23(31)21-20(15-11-13-17(25)14-12-15)29-30-22(27-28-24(30)33-21)16-7-3-2-4-8-16/h2-14,20-21,29H,1H3,(H,26,31)/t20-,21+/m0/s1. The number of fused-ring (bicyclic) bond motifs is 1. The van der Waals surface area contributed by atoms with Crippen LogP contribution in [-0.2, 0) is 4.79 Å². The molecule has 166 valence electrons. The Bertz CT molecular complexity index is 1280. The molecule has 5 rings (SSSR count). The summed E-state index contributed by atoms with van der Waals surface area (Å²) in [5.74, 6) is 0.621. The van der Waals surface area contributed by atoms with E-state index in [1.807, 2.05) is 42.5 Å². The van der Waals surface area contributed by atoms with E-state index in [0.717, 1.165) is 11.1 Å². The van der Waals surface area contributed by atoms with Crippen molar-refractivity contribution in [2.75, 3.05) is 17.9 Å². The van der Waals surface area contributed by atoms with Crippen molar-refractivity contribution in [2.45, 2.75) is 16.4 Å². The van der Waals surface area contributed by atoms with Crippen LogP contribution < -0.4 is 15.5 Å². The number of carbonyl (C=O) groups is 1. The van der Waals surface area contributed by atoms with Crippen LogP contribution >= 0.6 is 11.8 Å². The third-order valence-corrected chi connectivity index (χ3v) is 6.54. The number of hydrogen-bond donors (Lipinski definition) is 2. The first kappa shape index (κ1) is 21.0. The summed E-state index contributed by atoms with van der Waals surface area (Å²) in [6, 6.07) is 22.5. The summed E-state index contributed by atoms with van der Waals surface area (Å²) in [5.41, 5.74) is 5.61. The molecule has 7 nitrogen and oxygen atoms in total. The topological polar surface area (TPSA) is 81.1 Å². The van der Waals surface area contributed by atoms with E-state index in [2.05, 4.69) is 20.9 Å². The first-order valence-corrected chi connectivity index (χ1v) is 11.2. The normalized spacial score (nSPS) is 17.0. The molecule has 1 aromatic heterocycles. The molecule has 1 aliphatic heterocycles. The molecule has 1 aliphatic rings. The molecule has 1 amide bonds. The fourth-order valence-corrected chi connectivity index (χ4v) is 4.78. The van der Waals surface area contributed by atoms with Crippen molar-refractivity contribution in [1.82, 2.24) is 14.9 Å². The maximum atomic E-state index is 13.6. The second-order valence-corrected chi connectivity index (χ2v) is 8.50. The number of nitrogens with zero attached hydrogens (tertiary/aromatic N) is 3. The van der Waals surface area contributed by atoms with E-state index in [9.17, 15) is 9.18 Å². The van der Waals surface area contributed by atoms with Crippen molar-refractivity contribution in [3.8, 4) is 17.1 Å². The van der Waals surface area contributed by atoms with E-state index in [1.165, 1.54) is 23.9 Å². The number of methoxy groups -OCH3 is 1. The van der Waals surface area contributed by atoms with E-state index in [0.29, 0.717) is 22.4 Å². The Balaban J connectivity index is 1.52. The summed E-state index contributed by atoms with van der Waals surface area (Å²) in [6.45, 7) is 0. The Morgan fingerprint density at radius 2 is 1.76 bits per heavy atom. The zero-order valence-electron chi connectivity index (χ0n) is 17.6. The molecule has 2 heterocycles. The lowest BCUT2D eigenvalue weighted by atomic mass is 10.0. The second kappa shape index (κ2) is 8.95. The van der Waals surface area contributed by atoms with Gasteiger partial charge in [0.2, 0.25) is 11.1 Å². The number of rotatable bonds is 5. The van der Waals surface area contributed by atoms with Crippen molar-refractivity contribution >= 4 is 23.4 Å². The molecule has 33 heavy (non-hydrogen) atoms. The van der Waals surface area contributed by atoms with Crippen molar-refractivity contribution in [1.29, 1.82) is 0 Å². The third-order valence-electron chi connectivity index (χ3n) is 5.32. The van der Waals surface area contributed by atoms with Crippen molar-refractivity contribution in [2.24, 2.45) is 0 Å². The van der Waals surface area contributed by atoms with Gasteiger partial charge in [0, 0.05) is 5.56 Å². The average Bonchev–Trinajstić information content (AvgIpc) is 3.27. The van der Waals surface area contributed by atoms with Crippen LogP contribution in [0.3, 0.4) is 0 Å². The molecule has 0 aliphatic carbocycles. The number of thioether (sulfide) groups is 1. The van der Waals surface area contributed by atoms with Gasteiger partial charge in [-0.25, -0.2) is 9.07 Å². The number of hydrogen-bond acceptors (Lipinski definition) is 6. The maximum absolute atomic E-state index is 13.6. The molecular weight excluding hydrogens is 441 g/mol. The number of anilines is 1. The number of carbonyl (C=O) groups excluding carboxylic acids is 1. The molecule has 0 bridgehead atoms. The highest BCUT2D eigenvalue weighted by molar-refractivity contribution is 8.00. The van der Waals surface area contributed by atoms with Gasteiger partial charge >= 0.3 is 0 Å². The predicted octanol–water partition coefficient (Wildman–Crippen LogP) is 4.49. The van der Waals surface area contributed by atoms with Gasteiger partial charge < -0.3 is 15.5 Å². The average molecular weight is 462 g/mol.